The SMILES string of the molecule is C=C(/C=C\C(CC)N(c1ccc(C)cc1)c1ccc(C2=CC=C(N(c3ccc(C)cc3)c3ccc(N(c4ccc(C)cc4)C4C=CC(C)=CC4)cc3)CC2)cc1)N(C1=CCC(C)C=C1)c1ccc(C)cc1. The van der Waals surface area contributed by atoms with Crippen LogP contribution in [0.15, 0.2) is 236 Å². The van der Waals surface area contributed by atoms with Gasteiger partial charge in [-0.05, 0) is 187 Å². The number of nitrogens with zero attached hydrogens (tertiary/aromatic N) is 4. The molecule has 0 bridgehead atoms. The fraction of sp³-hybridized carbons (Fsp3) is 0.224. The van der Waals surface area contributed by atoms with Crippen LogP contribution < -0.4 is 19.6 Å². The van der Waals surface area contributed by atoms with Crippen LogP contribution in [0.4, 0.5) is 39.8 Å². The molecule has 9 rings (SSSR count). The van der Waals surface area contributed by atoms with Crippen LogP contribution in [0.3, 0.4) is 0 Å². The van der Waals surface area contributed by atoms with Crippen molar-refractivity contribution in [3.8, 4) is 0 Å². The second-order valence-electron chi connectivity index (χ2n) is 19.8. The first-order chi connectivity index (χ1) is 34.5. The maximum absolute atomic E-state index is 4.65. The van der Waals surface area contributed by atoms with E-state index in [4.69, 9.17) is 0 Å². The highest BCUT2D eigenvalue weighted by molar-refractivity contribution is 5.77. The fourth-order valence-electron chi connectivity index (χ4n) is 9.97. The Morgan fingerprint density at radius 1 is 0.563 bits per heavy atom. The predicted octanol–water partition coefficient (Wildman–Crippen LogP) is 18.2. The minimum atomic E-state index is 0.0912. The summed E-state index contributed by atoms with van der Waals surface area (Å²) in [6, 6.07) is 54.3. The second-order valence-corrected chi connectivity index (χ2v) is 19.8. The third kappa shape index (κ3) is 11.4. The van der Waals surface area contributed by atoms with Crippen molar-refractivity contribution < 1.29 is 0 Å². The Morgan fingerprint density at radius 3 is 1.56 bits per heavy atom. The molecule has 4 heteroatoms. The van der Waals surface area contributed by atoms with Crippen LogP contribution in [-0.4, -0.2) is 12.1 Å². The van der Waals surface area contributed by atoms with Crippen molar-refractivity contribution in [3.05, 3.63) is 263 Å². The number of rotatable bonds is 16. The Labute approximate surface area is 425 Å². The Morgan fingerprint density at radius 2 is 1.07 bits per heavy atom. The average Bonchev–Trinajstić information content (AvgIpc) is 3.39. The predicted molar refractivity (Wildman–Crippen MR) is 306 cm³/mol. The van der Waals surface area contributed by atoms with E-state index in [9.17, 15) is 0 Å². The summed E-state index contributed by atoms with van der Waals surface area (Å²) >= 11 is 0. The van der Waals surface area contributed by atoms with Gasteiger partial charge in [0.15, 0.2) is 0 Å². The molecule has 6 aromatic rings. The van der Waals surface area contributed by atoms with Gasteiger partial charge in [-0.2, -0.15) is 0 Å². The quantitative estimate of drug-likeness (QED) is 0.0897. The van der Waals surface area contributed by atoms with Gasteiger partial charge in [-0.1, -0.05) is 151 Å². The molecule has 0 heterocycles. The van der Waals surface area contributed by atoms with Crippen LogP contribution in [0.25, 0.3) is 5.57 Å². The summed E-state index contributed by atoms with van der Waals surface area (Å²) in [7, 11) is 0. The van der Waals surface area contributed by atoms with Crippen LogP contribution in [0, 0.1) is 33.6 Å². The molecule has 3 atom stereocenters. The monoisotopic (exact) mass is 931 g/mol. The van der Waals surface area contributed by atoms with E-state index in [0.717, 1.165) is 60.6 Å². The van der Waals surface area contributed by atoms with Gasteiger partial charge in [0.25, 0.3) is 0 Å². The van der Waals surface area contributed by atoms with Gasteiger partial charge in [-0.15, -0.1) is 0 Å². The van der Waals surface area contributed by atoms with Gasteiger partial charge in [0.1, 0.15) is 0 Å². The van der Waals surface area contributed by atoms with E-state index < -0.39 is 0 Å². The molecule has 0 fully saturated rings. The van der Waals surface area contributed by atoms with Crippen molar-refractivity contribution in [1.82, 2.24) is 0 Å². The van der Waals surface area contributed by atoms with E-state index in [1.165, 1.54) is 67.4 Å². The van der Waals surface area contributed by atoms with Crippen molar-refractivity contribution in [1.29, 1.82) is 0 Å². The van der Waals surface area contributed by atoms with Crippen molar-refractivity contribution in [2.24, 2.45) is 5.92 Å². The number of hydrogen-bond acceptors (Lipinski definition) is 4. The van der Waals surface area contributed by atoms with Gasteiger partial charge in [0.05, 0.1) is 12.1 Å². The number of aryl methyl sites for hydroxylation is 4. The lowest BCUT2D eigenvalue weighted by Gasteiger charge is -2.34. The van der Waals surface area contributed by atoms with E-state index in [-0.39, 0.29) is 12.1 Å². The van der Waals surface area contributed by atoms with Gasteiger partial charge in [-0.25, -0.2) is 0 Å². The van der Waals surface area contributed by atoms with Crippen LogP contribution in [0.1, 0.15) is 80.7 Å². The maximum atomic E-state index is 4.65. The Bertz CT molecular complexity index is 3010. The van der Waals surface area contributed by atoms with Gasteiger partial charge >= 0.3 is 0 Å². The molecule has 0 spiro atoms. The zero-order valence-electron chi connectivity index (χ0n) is 42.9. The van der Waals surface area contributed by atoms with Crippen LogP contribution in [-0.2, 0) is 0 Å². The number of allylic oxidation sites excluding steroid dienone is 10. The van der Waals surface area contributed by atoms with E-state index in [1.807, 2.05) is 0 Å². The summed E-state index contributed by atoms with van der Waals surface area (Å²) in [6.45, 7) is 20.0. The molecule has 0 saturated carbocycles. The molecule has 358 valence electrons. The Kier molecular flexibility index (Phi) is 15.0. The molecule has 71 heavy (non-hydrogen) atoms. The lowest BCUT2D eigenvalue weighted by atomic mass is 9.94. The molecule has 0 amide bonds. The van der Waals surface area contributed by atoms with E-state index in [1.54, 1.807) is 0 Å². The molecule has 0 aliphatic heterocycles. The summed E-state index contributed by atoms with van der Waals surface area (Å²) in [6.07, 6.45) is 27.8. The molecule has 4 nitrogen and oxygen atoms in total. The highest BCUT2D eigenvalue weighted by atomic mass is 15.2. The lowest BCUT2D eigenvalue weighted by molar-refractivity contribution is 0.727. The zero-order chi connectivity index (χ0) is 49.4. The minimum absolute atomic E-state index is 0.0912. The number of benzene rings is 6. The normalized spacial score (nSPS) is 16.9. The van der Waals surface area contributed by atoms with Crippen molar-refractivity contribution >= 4 is 45.4 Å². The van der Waals surface area contributed by atoms with Crippen LogP contribution in [0.2, 0.25) is 0 Å². The first kappa shape index (κ1) is 48.5. The minimum Gasteiger partial charge on any atom is -0.335 e. The molecule has 0 saturated heterocycles. The largest absolute Gasteiger partial charge is 0.335 e. The fourth-order valence-corrected chi connectivity index (χ4v) is 9.97. The molecule has 0 aromatic heterocycles. The molecule has 6 aromatic carbocycles. The average molecular weight is 931 g/mol. The third-order valence-electron chi connectivity index (χ3n) is 14.2. The van der Waals surface area contributed by atoms with Gasteiger partial charge in [0.2, 0.25) is 0 Å². The topological polar surface area (TPSA) is 13.0 Å². The highest BCUT2D eigenvalue weighted by Gasteiger charge is 2.24. The maximum Gasteiger partial charge on any atom is 0.0560 e. The van der Waals surface area contributed by atoms with Crippen molar-refractivity contribution in [2.75, 3.05) is 19.6 Å². The summed E-state index contributed by atoms with van der Waals surface area (Å²) in [4.78, 5) is 9.69. The number of anilines is 7. The molecule has 3 aliphatic rings. The molecule has 0 N–H and O–H groups in total. The van der Waals surface area contributed by atoms with E-state index in [2.05, 4.69) is 281 Å². The second kappa shape index (κ2) is 22.0. The Hall–Kier alpha value is -7.56. The standard InChI is InChI=1S/C67H70N4/c1-9-57(39-22-54(8)68(58-27-10-48(2)11-28-58)59-29-12-49(3)13-30-59)69(60-31-14-50(4)15-32-60)64-40-23-55(24-41-64)56-25-42-65(43-26-56)71(63-37-20-53(7)21-38-63)67-46-44-66(45-47-67)70(61-33-16-51(5)17-34-61)62-35-18-52(6)19-36-62/h10-12,14-25,27-35,37-42,44-47,49,57,62H,8-9,13,26,36,43H2,1-7H3/b39-22-. The van der Waals surface area contributed by atoms with Crippen molar-refractivity contribution in [2.45, 2.75) is 92.7 Å². The summed E-state index contributed by atoms with van der Waals surface area (Å²) in [5.41, 5.74) is 20.5. The first-order valence-corrected chi connectivity index (χ1v) is 25.7. The molecular weight excluding hydrogens is 861 g/mol. The van der Waals surface area contributed by atoms with E-state index >= 15 is 0 Å². The van der Waals surface area contributed by atoms with Gasteiger partial charge in [0, 0.05) is 56.9 Å². The highest BCUT2D eigenvalue weighted by Crippen LogP contribution is 2.40. The molecular formula is C67H70N4. The summed E-state index contributed by atoms with van der Waals surface area (Å²) < 4.78 is 0. The smallest absolute Gasteiger partial charge is 0.0560 e. The van der Waals surface area contributed by atoms with Gasteiger partial charge in [-0.3, -0.25) is 0 Å². The number of hydrogen-bond donors (Lipinski definition) is 0. The van der Waals surface area contributed by atoms with E-state index in [0.29, 0.717) is 5.92 Å². The summed E-state index contributed by atoms with van der Waals surface area (Å²) in [5.74, 6) is 0.530. The van der Waals surface area contributed by atoms with Crippen molar-refractivity contribution in [3.63, 3.8) is 0 Å². The van der Waals surface area contributed by atoms with Crippen LogP contribution >= 0.6 is 0 Å². The zero-order valence-corrected chi connectivity index (χ0v) is 42.9. The Balaban J connectivity index is 0.986. The third-order valence-corrected chi connectivity index (χ3v) is 14.2. The first-order valence-electron chi connectivity index (χ1n) is 25.7. The van der Waals surface area contributed by atoms with Gasteiger partial charge < -0.3 is 19.6 Å². The summed E-state index contributed by atoms with van der Waals surface area (Å²) in [5, 5.41) is 0. The molecule has 0 radical (unpaired) electrons. The lowest BCUT2D eigenvalue weighted by Crippen LogP contribution is -2.30. The van der Waals surface area contributed by atoms with Crippen LogP contribution in [0.5, 0.6) is 0 Å². The molecule has 3 unspecified atom stereocenters. The molecule has 3 aliphatic carbocycles.